The number of Topliss-reactive ketones (excluding diaryl/α,β-unsaturated/α-hetero) is 1. The minimum absolute atomic E-state index is 0.107. The fourth-order valence-corrected chi connectivity index (χ4v) is 7.48. The number of alkyl halides is 2. The van der Waals surface area contributed by atoms with Gasteiger partial charge in [0.15, 0.2) is 11.5 Å². The Kier molecular flexibility index (Phi) is 3.63. The summed E-state index contributed by atoms with van der Waals surface area (Å²) in [6.45, 7) is 6.05. The Morgan fingerprint density at radius 2 is 1.83 bits per heavy atom. The van der Waals surface area contributed by atoms with Crippen molar-refractivity contribution in [1.82, 2.24) is 0 Å². The first-order chi connectivity index (χ1) is 10.7. The number of halogens is 2. The molecule has 0 radical (unpaired) electrons. The first-order valence-electron chi connectivity index (χ1n) is 9.26. The summed E-state index contributed by atoms with van der Waals surface area (Å²) in [5, 5.41) is 0. The molecule has 0 heterocycles. The average molecular weight is 430 g/mol. The maximum atomic E-state index is 14.8. The molecule has 0 amide bonds. The Morgan fingerprint density at radius 3 is 2.57 bits per heavy atom. The third kappa shape index (κ3) is 2.17. The van der Waals surface area contributed by atoms with Gasteiger partial charge in [0, 0.05) is 9.34 Å². The van der Waals surface area contributed by atoms with Crippen molar-refractivity contribution in [3.05, 3.63) is 11.6 Å². The Hall–Kier alpha value is 0.0700. The highest BCUT2D eigenvalue weighted by Crippen LogP contribution is 2.65. The summed E-state index contributed by atoms with van der Waals surface area (Å²) in [5.74, 6) is 1.31. The number of carbonyl (C=O) groups excluding carboxylic acids is 1. The van der Waals surface area contributed by atoms with Crippen molar-refractivity contribution in [1.29, 1.82) is 0 Å². The molecule has 0 aromatic rings. The number of fused-ring (bicyclic) bond motifs is 5. The molecule has 3 heteroatoms. The average Bonchev–Trinajstić information content (AvgIpc) is 2.68. The first-order valence-corrected chi connectivity index (χ1v) is 10.5. The number of rotatable bonds is 0. The van der Waals surface area contributed by atoms with Gasteiger partial charge >= 0.3 is 0 Å². The van der Waals surface area contributed by atoms with E-state index in [9.17, 15) is 9.18 Å². The van der Waals surface area contributed by atoms with E-state index in [-0.39, 0.29) is 11.7 Å². The van der Waals surface area contributed by atoms with E-state index in [4.69, 9.17) is 0 Å². The van der Waals surface area contributed by atoms with E-state index < -0.39 is 11.1 Å². The zero-order valence-electron chi connectivity index (χ0n) is 14.5. The van der Waals surface area contributed by atoms with E-state index in [1.54, 1.807) is 5.57 Å². The molecule has 4 aliphatic carbocycles. The lowest BCUT2D eigenvalue weighted by Crippen LogP contribution is -2.50. The molecular formula is C20H28FIO. The second-order valence-corrected chi connectivity index (χ2v) is 11.0. The fraction of sp³-hybridized carbons (Fsp3) is 0.850. The van der Waals surface area contributed by atoms with Crippen LogP contribution in [0, 0.1) is 28.6 Å². The van der Waals surface area contributed by atoms with Gasteiger partial charge in [-0.25, -0.2) is 4.39 Å². The molecule has 0 N–H and O–H groups in total. The normalized spacial score (nSPS) is 55.7. The Balaban J connectivity index is 1.71. The molecule has 0 bridgehead atoms. The van der Waals surface area contributed by atoms with Crippen LogP contribution in [-0.4, -0.2) is 15.4 Å². The lowest BCUT2D eigenvalue weighted by molar-refractivity contribution is -0.138. The quantitative estimate of drug-likeness (QED) is 0.275. The summed E-state index contributed by atoms with van der Waals surface area (Å²) < 4.78 is 15.6. The number of hydrogen-bond acceptors (Lipinski definition) is 1. The highest BCUT2D eigenvalue weighted by molar-refractivity contribution is 14.1. The van der Waals surface area contributed by atoms with Crippen LogP contribution in [0.3, 0.4) is 0 Å². The van der Waals surface area contributed by atoms with Gasteiger partial charge in [-0.2, -0.15) is 0 Å². The van der Waals surface area contributed by atoms with Crippen LogP contribution >= 0.6 is 22.6 Å². The highest BCUT2D eigenvalue weighted by atomic mass is 127. The van der Waals surface area contributed by atoms with E-state index >= 15 is 0 Å². The zero-order chi connectivity index (χ0) is 16.6. The minimum atomic E-state index is -1.60. The number of ketones is 1. The summed E-state index contributed by atoms with van der Waals surface area (Å²) in [6.07, 6.45) is 9.84. The molecule has 0 aromatic heterocycles. The van der Waals surface area contributed by atoms with Crippen LogP contribution in [0.1, 0.15) is 65.7 Å². The summed E-state index contributed by atoms with van der Waals surface area (Å²) in [5.41, 5.74) is -0.0313. The third-order valence-corrected chi connectivity index (χ3v) is 9.09. The molecule has 23 heavy (non-hydrogen) atoms. The fourth-order valence-electron chi connectivity index (χ4n) is 6.70. The molecule has 0 saturated heterocycles. The van der Waals surface area contributed by atoms with Crippen molar-refractivity contribution in [2.24, 2.45) is 28.6 Å². The third-order valence-electron chi connectivity index (χ3n) is 8.03. The van der Waals surface area contributed by atoms with Crippen molar-refractivity contribution in [2.75, 3.05) is 0 Å². The van der Waals surface area contributed by atoms with E-state index in [1.165, 1.54) is 26.2 Å². The van der Waals surface area contributed by atoms with Gasteiger partial charge in [0.25, 0.3) is 0 Å². The molecule has 128 valence electrons. The van der Waals surface area contributed by atoms with Gasteiger partial charge < -0.3 is 0 Å². The maximum Gasteiger partial charge on any atom is 0.175 e. The molecule has 0 aliphatic heterocycles. The SMILES string of the molecule is C[C@]12CC[C@H](I)CC1=CC[C@@H]1[C@@H]2CC[C@]2(C)C(=O)[C@](C)(F)C[C@@H]12. The molecule has 1 nitrogen and oxygen atoms in total. The number of carbonyl (C=O) groups is 1. The number of allylic oxidation sites excluding steroid dienone is 2. The van der Waals surface area contributed by atoms with E-state index in [2.05, 4.69) is 42.5 Å². The predicted molar refractivity (Wildman–Crippen MR) is 99.4 cm³/mol. The van der Waals surface area contributed by atoms with Gasteiger partial charge in [0.2, 0.25) is 0 Å². The summed E-state index contributed by atoms with van der Waals surface area (Å²) in [4.78, 5) is 12.7. The van der Waals surface area contributed by atoms with Crippen LogP contribution in [0.2, 0.25) is 0 Å². The molecule has 3 fully saturated rings. The molecule has 0 spiro atoms. The van der Waals surface area contributed by atoms with Crippen molar-refractivity contribution < 1.29 is 9.18 Å². The van der Waals surface area contributed by atoms with Gasteiger partial charge in [0.1, 0.15) is 0 Å². The van der Waals surface area contributed by atoms with Crippen molar-refractivity contribution in [3.63, 3.8) is 0 Å². The summed E-state index contributed by atoms with van der Waals surface area (Å²) >= 11 is 2.60. The minimum Gasteiger partial charge on any atom is -0.295 e. The van der Waals surface area contributed by atoms with E-state index in [0.29, 0.717) is 23.7 Å². The van der Waals surface area contributed by atoms with Crippen LogP contribution in [-0.2, 0) is 4.79 Å². The second-order valence-electron chi connectivity index (χ2n) is 9.29. The van der Waals surface area contributed by atoms with Crippen LogP contribution in [0.25, 0.3) is 0 Å². The molecule has 0 aromatic carbocycles. The molecule has 0 unspecified atom stereocenters. The van der Waals surface area contributed by atoms with E-state index in [1.807, 2.05) is 0 Å². The van der Waals surface area contributed by atoms with Gasteiger partial charge in [-0.1, -0.05) is 48.1 Å². The van der Waals surface area contributed by atoms with Crippen molar-refractivity contribution in [2.45, 2.75) is 75.3 Å². The van der Waals surface area contributed by atoms with E-state index in [0.717, 1.165) is 23.2 Å². The first kappa shape index (κ1) is 16.5. The zero-order valence-corrected chi connectivity index (χ0v) is 16.7. The Bertz CT molecular complexity index is 582. The molecule has 7 atom stereocenters. The van der Waals surface area contributed by atoms with Gasteiger partial charge in [0.05, 0.1) is 0 Å². The molecule has 4 rings (SSSR count). The van der Waals surface area contributed by atoms with Crippen molar-refractivity contribution in [3.8, 4) is 0 Å². The van der Waals surface area contributed by atoms with Gasteiger partial charge in [-0.15, -0.1) is 0 Å². The largest absolute Gasteiger partial charge is 0.295 e. The monoisotopic (exact) mass is 430 g/mol. The van der Waals surface area contributed by atoms with Crippen LogP contribution < -0.4 is 0 Å². The predicted octanol–water partition coefficient (Wildman–Crippen LogP) is 5.66. The lowest BCUT2D eigenvalue weighted by Gasteiger charge is -2.56. The second kappa shape index (κ2) is 5.04. The smallest absolute Gasteiger partial charge is 0.175 e. The Labute approximate surface area is 153 Å². The number of hydrogen-bond donors (Lipinski definition) is 0. The van der Waals surface area contributed by atoms with Crippen LogP contribution in [0.5, 0.6) is 0 Å². The molecular weight excluding hydrogens is 402 g/mol. The van der Waals surface area contributed by atoms with Crippen LogP contribution in [0.15, 0.2) is 11.6 Å². The maximum absolute atomic E-state index is 14.8. The van der Waals surface area contributed by atoms with Crippen LogP contribution in [0.4, 0.5) is 4.39 Å². The molecule has 4 aliphatic rings. The van der Waals surface area contributed by atoms with Crippen molar-refractivity contribution >= 4 is 28.4 Å². The summed E-state index contributed by atoms with van der Waals surface area (Å²) in [6, 6.07) is 0. The topological polar surface area (TPSA) is 17.1 Å². The van der Waals surface area contributed by atoms with Gasteiger partial charge in [-0.05, 0) is 75.0 Å². The van der Waals surface area contributed by atoms with Gasteiger partial charge in [-0.3, -0.25) is 4.79 Å². The standard InChI is InChI=1S/C20H28FIO/c1-18-8-6-13(22)10-12(18)4-5-14-15(18)7-9-19(2)16(14)11-20(3,21)17(19)23/h4,13-16H,5-11H2,1-3H3/t13-,14+,15-,16-,18-,19-,20+/m0/s1. The molecule has 3 saturated carbocycles. The summed E-state index contributed by atoms with van der Waals surface area (Å²) in [7, 11) is 0. The lowest BCUT2D eigenvalue weighted by atomic mass is 9.48. The Morgan fingerprint density at radius 1 is 1.13 bits per heavy atom. The highest BCUT2D eigenvalue weighted by Gasteiger charge is 2.64.